The second-order valence-electron chi connectivity index (χ2n) is 3.88. The summed E-state index contributed by atoms with van der Waals surface area (Å²) < 4.78 is 62.0. The third kappa shape index (κ3) is 7.10. The molecule has 1 aromatic carbocycles. The Morgan fingerprint density at radius 2 is 1.86 bits per heavy atom. The van der Waals surface area contributed by atoms with Gasteiger partial charge in [0.1, 0.15) is 13.2 Å². The molecule has 9 heteroatoms. The Morgan fingerprint density at radius 1 is 1.19 bits per heavy atom. The number of nitrogens with one attached hydrogen (secondary N) is 2. The van der Waals surface area contributed by atoms with E-state index >= 15 is 0 Å². The molecule has 0 amide bonds. The summed E-state index contributed by atoms with van der Waals surface area (Å²) in [5, 5.41) is 8.62. The van der Waals surface area contributed by atoms with Crippen molar-refractivity contribution >= 4 is 10.2 Å². The second kappa shape index (κ2) is 7.42. The molecular weight excluding hydrogens is 309 g/mol. The SMILES string of the molecule is O=S(=O)(NCc1ccccc1C#CCO)NCC(F)(F)F. The normalized spacial score (nSPS) is 11.8. The van der Waals surface area contributed by atoms with Gasteiger partial charge in [0, 0.05) is 12.1 Å². The van der Waals surface area contributed by atoms with E-state index in [0.29, 0.717) is 11.1 Å². The van der Waals surface area contributed by atoms with Gasteiger partial charge in [-0.1, -0.05) is 30.0 Å². The molecule has 0 radical (unpaired) electrons. The summed E-state index contributed by atoms with van der Waals surface area (Å²) in [6.45, 7) is -2.22. The Hall–Kier alpha value is -1.60. The molecule has 5 nitrogen and oxygen atoms in total. The molecule has 0 unspecified atom stereocenters. The van der Waals surface area contributed by atoms with Gasteiger partial charge in [0.05, 0.1) is 0 Å². The van der Waals surface area contributed by atoms with Gasteiger partial charge in [0.2, 0.25) is 0 Å². The van der Waals surface area contributed by atoms with E-state index in [0.717, 1.165) is 0 Å². The van der Waals surface area contributed by atoms with Crippen LogP contribution in [0, 0.1) is 11.8 Å². The molecule has 0 aliphatic carbocycles. The van der Waals surface area contributed by atoms with Crippen molar-refractivity contribution in [3.8, 4) is 11.8 Å². The zero-order valence-corrected chi connectivity index (χ0v) is 11.6. The van der Waals surface area contributed by atoms with E-state index in [4.69, 9.17) is 5.11 Å². The highest BCUT2D eigenvalue weighted by Crippen LogP contribution is 2.12. The molecule has 0 saturated heterocycles. The van der Waals surface area contributed by atoms with Crippen molar-refractivity contribution in [1.82, 2.24) is 9.44 Å². The first-order chi connectivity index (χ1) is 9.73. The van der Waals surface area contributed by atoms with E-state index in [9.17, 15) is 21.6 Å². The largest absolute Gasteiger partial charge is 0.402 e. The maximum absolute atomic E-state index is 12.0. The number of hydrogen-bond acceptors (Lipinski definition) is 3. The van der Waals surface area contributed by atoms with E-state index in [2.05, 4.69) is 11.8 Å². The molecule has 0 atom stereocenters. The van der Waals surface area contributed by atoms with Crippen LogP contribution in [-0.4, -0.2) is 32.9 Å². The zero-order valence-electron chi connectivity index (χ0n) is 10.7. The number of aliphatic hydroxyl groups is 1. The molecule has 116 valence electrons. The van der Waals surface area contributed by atoms with Crippen molar-refractivity contribution in [1.29, 1.82) is 0 Å². The molecular formula is C12H13F3N2O3S. The topological polar surface area (TPSA) is 78.4 Å². The van der Waals surface area contributed by atoms with Gasteiger partial charge in [-0.2, -0.15) is 31.0 Å². The molecule has 0 heterocycles. The van der Waals surface area contributed by atoms with Gasteiger partial charge in [0.15, 0.2) is 0 Å². The predicted octanol–water partition coefficient (Wildman–Crippen LogP) is 0.517. The minimum absolute atomic E-state index is 0.219. The molecule has 0 fully saturated rings. The minimum atomic E-state index is -4.63. The maximum atomic E-state index is 12.0. The Morgan fingerprint density at radius 3 is 2.48 bits per heavy atom. The van der Waals surface area contributed by atoms with Crippen LogP contribution in [0.3, 0.4) is 0 Å². The van der Waals surface area contributed by atoms with Crippen molar-refractivity contribution < 1.29 is 26.7 Å². The van der Waals surface area contributed by atoms with Gasteiger partial charge in [-0.15, -0.1) is 0 Å². The third-order valence-electron chi connectivity index (χ3n) is 2.23. The first kappa shape index (κ1) is 17.5. The summed E-state index contributed by atoms with van der Waals surface area (Å²) in [4.78, 5) is 0. The van der Waals surface area contributed by atoms with Crippen LogP contribution in [0.4, 0.5) is 13.2 Å². The molecule has 0 saturated carbocycles. The van der Waals surface area contributed by atoms with Crippen molar-refractivity contribution in [2.75, 3.05) is 13.2 Å². The number of rotatable bonds is 5. The average molecular weight is 322 g/mol. The number of hydrogen-bond donors (Lipinski definition) is 3. The summed E-state index contributed by atoms with van der Waals surface area (Å²) in [5.41, 5.74) is 0.959. The Kier molecular flexibility index (Phi) is 6.17. The zero-order chi connectivity index (χ0) is 15.9. The standard InChI is InChI=1S/C12H13F3N2O3S/c13-12(14,15)9-17-21(19,20)16-8-11-5-2-1-4-10(11)6-3-7-18/h1-2,4-5,16-18H,7-9H2. The summed E-state index contributed by atoms with van der Waals surface area (Å²) in [6.07, 6.45) is -4.63. The van der Waals surface area contributed by atoms with Gasteiger partial charge >= 0.3 is 6.18 Å². The van der Waals surface area contributed by atoms with E-state index in [1.54, 1.807) is 24.3 Å². The lowest BCUT2D eigenvalue weighted by Crippen LogP contribution is -2.41. The minimum Gasteiger partial charge on any atom is -0.384 e. The Balaban J connectivity index is 2.71. The molecule has 1 aromatic rings. The second-order valence-corrected chi connectivity index (χ2v) is 5.46. The summed E-state index contributed by atoms with van der Waals surface area (Å²) in [7, 11) is -4.27. The molecule has 0 aliphatic rings. The number of alkyl halides is 3. The average Bonchev–Trinajstić information content (AvgIpc) is 2.41. The van der Waals surface area contributed by atoms with E-state index in [1.807, 2.05) is 4.72 Å². The quantitative estimate of drug-likeness (QED) is 0.692. The number of aliphatic hydroxyl groups excluding tert-OH is 1. The lowest BCUT2D eigenvalue weighted by atomic mass is 10.1. The van der Waals surface area contributed by atoms with Crippen LogP contribution >= 0.6 is 0 Å². The maximum Gasteiger partial charge on any atom is 0.402 e. The number of halogens is 3. The molecule has 0 spiro atoms. The van der Waals surface area contributed by atoms with Crippen molar-refractivity contribution in [3.05, 3.63) is 35.4 Å². The van der Waals surface area contributed by atoms with Gasteiger partial charge in [-0.3, -0.25) is 0 Å². The Bertz CT molecular complexity index is 633. The summed E-state index contributed by atoms with van der Waals surface area (Å²) in [5.74, 6) is 5.03. The Labute approximate surface area is 120 Å². The first-order valence-electron chi connectivity index (χ1n) is 5.72. The highest BCUT2D eigenvalue weighted by molar-refractivity contribution is 7.87. The fourth-order valence-corrected chi connectivity index (χ4v) is 2.13. The van der Waals surface area contributed by atoms with Crippen LogP contribution in [0.1, 0.15) is 11.1 Å². The first-order valence-corrected chi connectivity index (χ1v) is 7.20. The van der Waals surface area contributed by atoms with Gasteiger partial charge < -0.3 is 5.11 Å². The molecule has 21 heavy (non-hydrogen) atoms. The lowest BCUT2D eigenvalue weighted by molar-refractivity contribution is -0.121. The predicted molar refractivity (Wildman–Crippen MR) is 70.2 cm³/mol. The fourth-order valence-electron chi connectivity index (χ4n) is 1.33. The van der Waals surface area contributed by atoms with E-state index in [1.165, 1.54) is 4.72 Å². The van der Waals surface area contributed by atoms with Crippen LogP contribution in [-0.2, 0) is 16.8 Å². The monoisotopic (exact) mass is 322 g/mol. The van der Waals surface area contributed by atoms with Crippen LogP contribution in [0.2, 0.25) is 0 Å². The van der Waals surface area contributed by atoms with Crippen molar-refractivity contribution in [2.45, 2.75) is 12.7 Å². The third-order valence-corrected chi connectivity index (χ3v) is 3.28. The fraction of sp³-hybridized carbons (Fsp3) is 0.333. The molecule has 1 rings (SSSR count). The number of benzene rings is 1. The summed E-state index contributed by atoms with van der Waals surface area (Å²) in [6, 6.07) is 6.49. The van der Waals surface area contributed by atoms with Crippen LogP contribution in [0.5, 0.6) is 0 Å². The molecule has 0 aliphatic heterocycles. The van der Waals surface area contributed by atoms with Crippen molar-refractivity contribution in [2.24, 2.45) is 0 Å². The molecule has 0 bridgehead atoms. The van der Waals surface area contributed by atoms with Crippen LogP contribution in [0.15, 0.2) is 24.3 Å². The van der Waals surface area contributed by atoms with Crippen LogP contribution in [0.25, 0.3) is 0 Å². The van der Waals surface area contributed by atoms with Gasteiger partial charge in [-0.05, 0) is 11.6 Å². The van der Waals surface area contributed by atoms with Crippen LogP contribution < -0.4 is 9.44 Å². The van der Waals surface area contributed by atoms with E-state index < -0.39 is 22.9 Å². The highest BCUT2D eigenvalue weighted by Gasteiger charge is 2.29. The smallest absolute Gasteiger partial charge is 0.384 e. The van der Waals surface area contributed by atoms with E-state index in [-0.39, 0.29) is 13.2 Å². The molecule has 3 N–H and O–H groups in total. The van der Waals surface area contributed by atoms with Gasteiger partial charge in [-0.25, -0.2) is 0 Å². The van der Waals surface area contributed by atoms with Crippen molar-refractivity contribution in [3.63, 3.8) is 0 Å². The van der Waals surface area contributed by atoms with Gasteiger partial charge in [0.25, 0.3) is 10.2 Å². The lowest BCUT2D eigenvalue weighted by Gasteiger charge is -2.11. The highest BCUT2D eigenvalue weighted by atomic mass is 32.2. The molecule has 0 aromatic heterocycles. The summed E-state index contributed by atoms with van der Waals surface area (Å²) >= 11 is 0.